The first kappa shape index (κ1) is 13.7. The van der Waals surface area contributed by atoms with Gasteiger partial charge in [0.05, 0.1) is 11.5 Å². The van der Waals surface area contributed by atoms with Crippen LogP contribution in [0.1, 0.15) is 24.9 Å². The maximum Gasteiger partial charge on any atom is 0.231 e. The van der Waals surface area contributed by atoms with Crippen molar-refractivity contribution in [3.8, 4) is 11.5 Å². The van der Waals surface area contributed by atoms with E-state index in [1.807, 2.05) is 25.1 Å². The van der Waals surface area contributed by atoms with Crippen molar-refractivity contribution in [1.82, 2.24) is 5.32 Å². The molecule has 0 radical (unpaired) electrons. The van der Waals surface area contributed by atoms with E-state index in [-0.39, 0.29) is 24.5 Å². The highest BCUT2D eigenvalue weighted by molar-refractivity contribution is 7.91. The standard InChI is InChI=1S/C14H19NO4S/c1-2-15-14(11-5-6-20(16,17)8-11)10-3-4-12-13(7-10)19-9-18-12/h3-4,7,11,14-15H,2,5-6,8-9H2,1H3. The van der Waals surface area contributed by atoms with Gasteiger partial charge in [0.15, 0.2) is 21.3 Å². The zero-order valence-corrected chi connectivity index (χ0v) is 12.3. The summed E-state index contributed by atoms with van der Waals surface area (Å²) >= 11 is 0. The van der Waals surface area contributed by atoms with E-state index < -0.39 is 9.84 Å². The Morgan fingerprint density at radius 3 is 2.85 bits per heavy atom. The molecule has 0 spiro atoms. The molecule has 1 saturated heterocycles. The second-order valence-electron chi connectivity index (χ2n) is 5.31. The SMILES string of the molecule is CCNC(c1ccc2c(c1)OCO2)C1CCS(=O)(=O)C1. The Hall–Kier alpha value is -1.27. The van der Waals surface area contributed by atoms with Gasteiger partial charge in [0.1, 0.15) is 0 Å². The summed E-state index contributed by atoms with van der Waals surface area (Å²) < 4.78 is 34.1. The van der Waals surface area contributed by atoms with Crippen LogP contribution in [-0.2, 0) is 9.84 Å². The van der Waals surface area contributed by atoms with E-state index in [0.29, 0.717) is 12.2 Å². The van der Waals surface area contributed by atoms with Crippen LogP contribution >= 0.6 is 0 Å². The van der Waals surface area contributed by atoms with Crippen molar-refractivity contribution in [1.29, 1.82) is 0 Å². The summed E-state index contributed by atoms with van der Waals surface area (Å²) in [5, 5.41) is 3.41. The fraction of sp³-hybridized carbons (Fsp3) is 0.571. The Morgan fingerprint density at radius 2 is 2.15 bits per heavy atom. The topological polar surface area (TPSA) is 64.6 Å². The Bertz CT molecular complexity index is 599. The predicted molar refractivity (Wildman–Crippen MR) is 75.7 cm³/mol. The van der Waals surface area contributed by atoms with E-state index >= 15 is 0 Å². The first-order valence-electron chi connectivity index (χ1n) is 6.92. The van der Waals surface area contributed by atoms with Gasteiger partial charge in [-0.2, -0.15) is 0 Å². The van der Waals surface area contributed by atoms with Gasteiger partial charge in [0.2, 0.25) is 6.79 Å². The van der Waals surface area contributed by atoms with Crippen LogP contribution in [0.15, 0.2) is 18.2 Å². The summed E-state index contributed by atoms with van der Waals surface area (Å²) in [6, 6.07) is 5.89. The Kier molecular flexibility index (Phi) is 3.60. The lowest BCUT2D eigenvalue weighted by atomic mass is 9.92. The molecular weight excluding hydrogens is 278 g/mol. The molecule has 2 atom stereocenters. The van der Waals surface area contributed by atoms with E-state index in [4.69, 9.17) is 9.47 Å². The van der Waals surface area contributed by atoms with E-state index in [2.05, 4.69) is 5.32 Å². The Morgan fingerprint density at radius 1 is 1.35 bits per heavy atom. The monoisotopic (exact) mass is 297 g/mol. The van der Waals surface area contributed by atoms with Crippen molar-refractivity contribution < 1.29 is 17.9 Å². The highest BCUT2D eigenvalue weighted by Gasteiger charge is 2.34. The number of sulfone groups is 1. The molecule has 0 amide bonds. The van der Waals surface area contributed by atoms with E-state index in [1.54, 1.807) is 0 Å². The maximum absolute atomic E-state index is 11.7. The van der Waals surface area contributed by atoms with Crippen LogP contribution in [0.5, 0.6) is 11.5 Å². The molecule has 110 valence electrons. The summed E-state index contributed by atoms with van der Waals surface area (Å²) in [6.45, 7) is 3.08. The number of hydrogen-bond donors (Lipinski definition) is 1. The molecule has 0 bridgehead atoms. The average molecular weight is 297 g/mol. The minimum absolute atomic E-state index is 0.0479. The lowest BCUT2D eigenvalue weighted by Crippen LogP contribution is -2.29. The smallest absolute Gasteiger partial charge is 0.231 e. The maximum atomic E-state index is 11.7. The van der Waals surface area contributed by atoms with E-state index in [9.17, 15) is 8.42 Å². The molecule has 5 nitrogen and oxygen atoms in total. The third-order valence-electron chi connectivity index (χ3n) is 3.92. The van der Waals surface area contributed by atoms with Crippen molar-refractivity contribution in [3.05, 3.63) is 23.8 Å². The van der Waals surface area contributed by atoms with Crippen molar-refractivity contribution in [3.63, 3.8) is 0 Å². The van der Waals surface area contributed by atoms with Gasteiger partial charge in [-0.15, -0.1) is 0 Å². The third kappa shape index (κ3) is 2.62. The molecule has 2 aliphatic rings. The summed E-state index contributed by atoms with van der Waals surface area (Å²) in [5.41, 5.74) is 1.07. The number of nitrogens with one attached hydrogen (secondary N) is 1. The van der Waals surface area contributed by atoms with Crippen LogP contribution < -0.4 is 14.8 Å². The zero-order chi connectivity index (χ0) is 14.2. The van der Waals surface area contributed by atoms with E-state index in [0.717, 1.165) is 23.6 Å². The zero-order valence-electron chi connectivity index (χ0n) is 11.5. The van der Waals surface area contributed by atoms with Crippen LogP contribution in [0.25, 0.3) is 0 Å². The number of ether oxygens (including phenoxy) is 2. The normalized spacial score (nSPS) is 24.8. The summed E-state index contributed by atoms with van der Waals surface area (Å²) in [4.78, 5) is 0. The van der Waals surface area contributed by atoms with Crippen LogP contribution in [-0.4, -0.2) is 33.3 Å². The third-order valence-corrected chi connectivity index (χ3v) is 5.71. The van der Waals surface area contributed by atoms with Gasteiger partial charge in [-0.3, -0.25) is 0 Å². The van der Waals surface area contributed by atoms with E-state index in [1.165, 1.54) is 0 Å². The van der Waals surface area contributed by atoms with Crippen LogP contribution in [0, 0.1) is 5.92 Å². The molecule has 1 fully saturated rings. The molecule has 2 aliphatic heterocycles. The lowest BCUT2D eigenvalue weighted by Gasteiger charge is -2.24. The molecule has 3 rings (SSSR count). The predicted octanol–water partition coefficient (Wildman–Crippen LogP) is 1.50. The first-order valence-corrected chi connectivity index (χ1v) is 8.74. The van der Waals surface area contributed by atoms with Crippen LogP contribution in [0.4, 0.5) is 0 Å². The molecule has 0 aliphatic carbocycles. The van der Waals surface area contributed by atoms with Crippen molar-refractivity contribution in [2.75, 3.05) is 24.8 Å². The molecule has 2 unspecified atom stereocenters. The Balaban J connectivity index is 1.87. The lowest BCUT2D eigenvalue weighted by molar-refractivity contribution is 0.174. The largest absolute Gasteiger partial charge is 0.454 e. The molecule has 20 heavy (non-hydrogen) atoms. The van der Waals surface area contributed by atoms with Gasteiger partial charge in [-0.1, -0.05) is 13.0 Å². The highest BCUT2D eigenvalue weighted by atomic mass is 32.2. The van der Waals surface area contributed by atoms with Gasteiger partial charge in [-0.25, -0.2) is 8.42 Å². The van der Waals surface area contributed by atoms with Crippen molar-refractivity contribution in [2.24, 2.45) is 5.92 Å². The molecule has 6 heteroatoms. The van der Waals surface area contributed by atoms with Crippen molar-refractivity contribution >= 4 is 9.84 Å². The Labute approximate surface area is 119 Å². The van der Waals surface area contributed by atoms with Crippen molar-refractivity contribution in [2.45, 2.75) is 19.4 Å². The first-order chi connectivity index (χ1) is 9.59. The number of hydrogen-bond acceptors (Lipinski definition) is 5. The molecule has 0 saturated carbocycles. The molecule has 1 aromatic rings. The molecule has 1 N–H and O–H groups in total. The number of benzene rings is 1. The minimum Gasteiger partial charge on any atom is -0.454 e. The quantitative estimate of drug-likeness (QED) is 0.912. The van der Waals surface area contributed by atoms with Gasteiger partial charge in [0, 0.05) is 6.04 Å². The average Bonchev–Trinajstić information content (AvgIpc) is 3.01. The fourth-order valence-electron chi connectivity index (χ4n) is 2.97. The molecule has 0 aromatic heterocycles. The number of rotatable bonds is 4. The summed E-state index contributed by atoms with van der Waals surface area (Å²) in [5.74, 6) is 2.18. The van der Waals surface area contributed by atoms with Gasteiger partial charge < -0.3 is 14.8 Å². The highest BCUT2D eigenvalue weighted by Crippen LogP contribution is 2.38. The van der Waals surface area contributed by atoms with Gasteiger partial charge >= 0.3 is 0 Å². The second-order valence-corrected chi connectivity index (χ2v) is 7.54. The van der Waals surface area contributed by atoms with Crippen LogP contribution in [0.2, 0.25) is 0 Å². The van der Waals surface area contributed by atoms with Crippen LogP contribution in [0.3, 0.4) is 0 Å². The summed E-state index contributed by atoms with van der Waals surface area (Å²) in [7, 11) is -2.87. The molecule has 1 aromatic carbocycles. The molecule has 2 heterocycles. The van der Waals surface area contributed by atoms with Gasteiger partial charge in [-0.05, 0) is 36.6 Å². The van der Waals surface area contributed by atoms with Gasteiger partial charge in [0.25, 0.3) is 0 Å². The molecular formula is C14H19NO4S. The summed E-state index contributed by atoms with van der Waals surface area (Å²) in [6.07, 6.45) is 0.717. The number of fused-ring (bicyclic) bond motifs is 1. The minimum atomic E-state index is -2.87. The second kappa shape index (κ2) is 5.26. The fourth-order valence-corrected chi connectivity index (χ4v) is 4.81.